The first kappa shape index (κ1) is 17.1. The van der Waals surface area contributed by atoms with E-state index in [9.17, 15) is 5.11 Å². The zero-order chi connectivity index (χ0) is 17.5. The van der Waals surface area contributed by atoms with Gasteiger partial charge in [-0.2, -0.15) is 0 Å². The zero-order valence-corrected chi connectivity index (χ0v) is 15.4. The molecule has 5 heteroatoms. The number of aliphatic hydroxyl groups excluding tert-OH is 1. The van der Waals surface area contributed by atoms with Crippen molar-refractivity contribution in [1.29, 1.82) is 0 Å². The van der Waals surface area contributed by atoms with Crippen LogP contribution in [0.5, 0.6) is 0 Å². The van der Waals surface area contributed by atoms with Crippen molar-refractivity contribution in [2.75, 3.05) is 20.2 Å². The Labute approximate surface area is 144 Å². The van der Waals surface area contributed by atoms with E-state index >= 15 is 0 Å². The van der Waals surface area contributed by atoms with Gasteiger partial charge in [0.2, 0.25) is 0 Å². The highest BCUT2D eigenvalue weighted by atomic mass is 16.3. The lowest BCUT2D eigenvalue weighted by molar-refractivity contribution is 0.156. The third-order valence-electron chi connectivity index (χ3n) is 4.80. The van der Waals surface area contributed by atoms with Crippen molar-refractivity contribution in [2.24, 2.45) is 5.41 Å². The molecule has 1 aliphatic heterocycles. The number of aromatic nitrogens is 3. The molecule has 0 spiro atoms. The molecule has 0 aliphatic carbocycles. The van der Waals surface area contributed by atoms with Crippen LogP contribution in [0.2, 0.25) is 0 Å². The molecule has 2 heterocycles. The first-order valence-corrected chi connectivity index (χ1v) is 8.63. The molecule has 0 fully saturated rings. The van der Waals surface area contributed by atoms with E-state index in [1.54, 1.807) is 0 Å². The largest absolute Gasteiger partial charge is 0.395 e. The van der Waals surface area contributed by atoms with Crippen LogP contribution in [0.3, 0.4) is 0 Å². The summed E-state index contributed by atoms with van der Waals surface area (Å²) in [6, 6.07) is 4.56. The number of aliphatic hydroxyl groups is 1. The zero-order valence-electron chi connectivity index (χ0n) is 15.4. The topological polar surface area (TPSA) is 54.2 Å². The third-order valence-corrected chi connectivity index (χ3v) is 4.80. The van der Waals surface area contributed by atoms with Crippen LogP contribution in [0.25, 0.3) is 16.6 Å². The van der Waals surface area contributed by atoms with Crippen molar-refractivity contribution in [3.05, 3.63) is 29.3 Å². The molecule has 1 aromatic heterocycles. The number of fused-ring (bicyclic) bond motifs is 1. The predicted molar refractivity (Wildman–Crippen MR) is 97.8 cm³/mol. The monoisotopic (exact) mass is 328 g/mol. The van der Waals surface area contributed by atoms with E-state index in [-0.39, 0.29) is 18.1 Å². The molecular weight excluding hydrogens is 300 g/mol. The standard InChI is InChI=1S/C19H28N4O/c1-13-16(14-6-7-15(11-24)22(5)10-14)8-9-17-18(13)20-21-23(17)12-19(2,3)4/h6,8-9,15,24H,7,10-12H2,1-5H3. The minimum Gasteiger partial charge on any atom is -0.395 e. The van der Waals surface area contributed by atoms with Crippen LogP contribution < -0.4 is 0 Å². The van der Waals surface area contributed by atoms with Gasteiger partial charge in [0, 0.05) is 19.1 Å². The summed E-state index contributed by atoms with van der Waals surface area (Å²) in [5.41, 5.74) is 6.00. The molecule has 2 aromatic rings. The van der Waals surface area contributed by atoms with Gasteiger partial charge in [0.15, 0.2) is 0 Å². The predicted octanol–water partition coefficient (Wildman–Crippen LogP) is 2.87. The fourth-order valence-electron chi connectivity index (χ4n) is 3.41. The molecule has 1 N–H and O–H groups in total. The highest BCUT2D eigenvalue weighted by molar-refractivity contribution is 5.85. The Hall–Kier alpha value is -1.72. The van der Waals surface area contributed by atoms with E-state index in [0.29, 0.717) is 0 Å². The average molecular weight is 328 g/mol. The van der Waals surface area contributed by atoms with Crippen LogP contribution in [-0.4, -0.2) is 51.2 Å². The maximum absolute atomic E-state index is 9.42. The lowest BCUT2D eigenvalue weighted by Crippen LogP contribution is -2.38. The summed E-state index contributed by atoms with van der Waals surface area (Å²) in [5, 5.41) is 18.2. The third kappa shape index (κ3) is 3.23. The van der Waals surface area contributed by atoms with Gasteiger partial charge >= 0.3 is 0 Å². The molecule has 0 saturated carbocycles. The number of rotatable bonds is 3. The smallest absolute Gasteiger partial charge is 0.116 e. The van der Waals surface area contributed by atoms with E-state index in [2.05, 4.69) is 68.2 Å². The molecule has 0 bridgehead atoms. The molecule has 1 aliphatic rings. The van der Waals surface area contributed by atoms with Crippen LogP contribution in [0.15, 0.2) is 18.2 Å². The molecule has 5 nitrogen and oxygen atoms in total. The van der Waals surface area contributed by atoms with Gasteiger partial charge in [-0.1, -0.05) is 38.1 Å². The first-order chi connectivity index (χ1) is 11.3. The second kappa shape index (κ2) is 6.30. The Bertz CT molecular complexity index is 770. The number of hydrogen-bond acceptors (Lipinski definition) is 4. The van der Waals surface area contributed by atoms with Crippen LogP contribution in [0, 0.1) is 12.3 Å². The molecule has 0 radical (unpaired) electrons. The number of benzene rings is 1. The fourth-order valence-corrected chi connectivity index (χ4v) is 3.41. The van der Waals surface area contributed by atoms with Gasteiger partial charge in [-0.15, -0.1) is 5.10 Å². The van der Waals surface area contributed by atoms with E-state index in [0.717, 1.165) is 30.5 Å². The molecule has 1 unspecified atom stereocenters. The second-order valence-electron chi connectivity index (χ2n) is 8.13. The first-order valence-electron chi connectivity index (χ1n) is 8.63. The van der Waals surface area contributed by atoms with Gasteiger partial charge in [0.1, 0.15) is 5.52 Å². The molecule has 0 amide bonds. The minimum atomic E-state index is 0.168. The highest BCUT2D eigenvalue weighted by Gasteiger charge is 2.22. The highest BCUT2D eigenvalue weighted by Crippen LogP contribution is 2.30. The maximum atomic E-state index is 9.42. The van der Waals surface area contributed by atoms with Gasteiger partial charge in [-0.3, -0.25) is 4.90 Å². The van der Waals surface area contributed by atoms with Crippen LogP contribution >= 0.6 is 0 Å². The van der Waals surface area contributed by atoms with Crippen LogP contribution in [0.4, 0.5) is 0 Å². The average Bonchev–Trinajstić information content (AvgIpc) is 2.89. The number of aryl methyl sites for hydroxylation is 1. The molecule has 3 rings (SSSR count). The van der Waals surface area contributed by atoms with Crippen molar-refractivity contribution in [3.63, 3.8) is 0 Å². The summed E-state index contributed by atoms with van der Waals surface area (Å²) in [6.45, 7) is 10.7. The van der Waals surface area contributed by atoms with Crippen molar-refractivity contribution in [1.82, 2.24) is 19.9 Å². The number of nitrogens with zero attached hydrogens (tertiary/aromatic N) is 4. The quantitative estimate of drug-likeness (QED) is 0.941. The lowest BCUT2D eigenvalue weighted by atomic mass is 9.93. The normalized spacial score (nSPS) is 19.8. The fraction of sp³-hybridized carbons (Fsp3) is 0.579. The SMILES string of the molecule is Cc1c(C2=CCC(CO)N(C)C2)ccc2c1nnn2CC(C)(C)C. The summed E-state index contributed by atoms with van der Waals surface area (Å²) >= 11 is 0. The Morgan fingerprint density at radius 3 is 2.67 bits per heavy atom. The van der Waals surface area contributed by atoms with E-state index in [1.165, 1.54) is 16.7 Å². The molecule has 24 heavy (non-hydrogen) atoms. The van der Waals surface area contributed by atoms with Crippen molar-refractivity contribution < 1.29 is 5.11 Å². The Kier molecular flexibility index (Phi) is 4.49. The van der Waals surface area contributed by atoms with Crippen LogP contribution in [0.1, 0.15) is 38.3 Å². The molecule has 1 aromatic carbocycles. The summed E-state index contributed by atoms with van der Waals surface area (Å²) in [5.74, 6) is 0. The van der Waals surface area contributed by atoms with Crippen molar-refractivity contribution >= 4 is 16.6 Å². The van der Waals surface area contributed by atoms with E-state index in [1.807, 2.05) is 4.68 Å². The Morgan fingerprint density at radius 2 is 2.04 bits per heavy atom. The second-order valence-corrected chi connectivity index (χ2v) is 8.13. The van der Waals surface area contributed by atoms with Gasteiger partial charge in [0.25, 0.3) is 0 Å². The minimum absolute atomic E-state index is 0.168. The van der Waals surface area contributed by atoms with E-state index < -0.39 is 0 Å². The lowest BCUT2D eigenvalue weighted by Gasteiger charge is -2.31. The van der Waals surface area contributed by atoms with Crippen LogP contribution in [-0.2, 0) is 6.54 Å². The molecular formula is C19H28N4O. The van der Waals surface area contributed by atoms with Gasteiger partial charge < -0.3 is 5.11 Å². The summed E-state index contributed by atoms with van der Waals surface area (Å²) in [6.07, 6.45) is 3.14. The number of likely N-dealkylation sites (N-methyl/N-ethyl adjacent to an activating group) is 1. The molecule has 130 valence electrons. The Balaban J connectivity index is 1.97. The van der Waals surface area contributed by atoms with Crippen molar-refractivity contribution in [3.8, 4) is 0 Å². The summed E-state index contributed by atoms with van der Waals surface area (Å²) in [7, 11) is 2.07. The van der Waals surface area contributed by atoms with Crippen molar-refractivity contribution in [2.45, 2.75) is 46.7 Å². The Morgan fingerprint density at radius 1 is 1.29 bits per heavy atom. The summed E-state index contributed by atoms with van der Waals surface area (Å²) < 4.78 is 2.01. The van der Waals surface area contributed by atoms with Gasteiger partial charge in [-0.05, 0) is 48.6 Å². The maximum Gasteiger partial charge on any atom is 0.116 e. The van der Waals surface area contributed by atoms with Gasteiger partial charge in [0.05, 0.1) is 12.1 Å². The number of hydrogen-bond donors (Lipinski definition) is 1. The molecule has 1 atom stereocenters. The van der Waals surface area contributed by atoms with E-state index in [4.69, 9.17) is 0 Å². The molecule has 0 saturated heterocycles. The van der Waals surface area contributed by atoms with Gasteiger partial charge in [-0.25, -0.2) is 4.68 Å². The summed E-state index contributed by atoms with van der Waals surface area (Å²) in [4.78, 5) is 2.22.